The number of aromatic nitrogens is 21. The fraction of sp³-hybridized carbons (Fsp3) is 0.338. The molecule has 0 aliphatic carbocycles. The SMILES string of the molecule is CCc1c(N2CC[C@H](N)C2)nc2c(Br)cnn2c1N.CNC(=O)Cc1c(C)nc2c(Br)cnn2c1N.Cc1c(N2CC[C@H](N)C2)nc2c(Br)cnn2c1N.Cc1nc2c(Br)cnn2c(N)c1CC(N)=O.Cc1nc2c(Br)cnn2c(N)c1CCC(N)=O.Cc1nc2c(Br)cnn2c(N)c1CCO.Nc1c(-c2ccccc2)c(N2CC[C@H](N)C2)nc2c(Br)cnn12. The number of hydrogen-bond donors (Lipinski definition) is 14. The molecular weight excluding hydrogens is 2070 g/mol. The van der Waals surface area contributed by atoms with Gasteiger partial charge in [-0.1, -0.05) is 37.3 Å². The second-order valence-electron chi connectivity index (χ2n) is 29.4. The van der Waals surface area contributed by atoms with Crippen LogP contribution in [0.15, 0.2) is 105 Å². The van der Waals surface area contributed by atoms with Crippen LogP contribution in [0.4, 0.5) is 58.2 Å². The summed E-state index contributed by atoms with van der Waals surface area (Å²) in [7, 11) is 1.59. The van der Waals surface area contributed by atoms with Gasteiger partial charge in [0.05, 0.1) is 93.1 Å². The van der Waals surface area contributed by atoms with Crippen molar-refractivity contribution >= 4 is 227 Å². The molecule has 17 heterocycles. The zero-order valence-corrected chi connectivity index (χ0v) is 80.1. The third-order valence-electron chi connectivity index (χ3n) is 20.9. The van der Waals surface area contributed by atoms with E-state index in [1.807, 2.05) is 58.0 Å². The highest BCUT2D eigenvalue weighted by Gasteiger charge is 2.30. The molecule has 1 aromatic carbocycles. The van der Waals surface area contributed by atoms with Gasteiger partial charge in [-0.2, -0.15) is 67.3 Å². The van der Waals surface area contributed by atoms with Crippen LogP contribution in [0.5, 0.6) is 0 Å². The first-order valence-corrected chi connectivity index (χ1v) is 44.6. The zero-order chi connectivity index (χ0) is 90.4. The minimum Gasteiger partial charge on any atom is -0.396 e. The van der Waals surface area contributed by atoms with Gasteiger partial charge in [-0.05, 0) is 184 Å². The maximum atomic E-state index is 11.4. The number of anilines is 10. The van der Waals surface area contributed by atoms with Crippen LogP contribution in [-0.2, 0) is 46.5 Å². The summed E-state index contributed by atoms with van der Waals surface area (Å²) >= 11 is 23.7. The van der Waals surface area contributed by atoms with Crippen molar-refractivity contribution in [2.24, 2.45) is 28.7 Å². The number of rotatable bonds is 14. The lowest BCUT2D eigenvalue weighted by Gasteiger charge is -2.22. The van der Waals surface area contributed by atoms with E-state index in [0.717, 1.165) is 181 Å². The number of nitrogens with two attached hydrogens (primary N) is 12. The highest BCUT2D eigenvalue weighted by molar-refractivity contribution is 9.11. The summed E-state index contributed by atoms with van der Waals surface area (Å²) in [6.45, 7) is 16.6. The molecule has 0 spiro atoms. The third-order valence-corrected chi connectivity index (χ3v) is 24.8. The lowest BCUT2D eigenvalue weighted by atomic mass is 10.1. The molecule has 3 saturated heterocycles. The molecule has 0 saturated carbocycles. The molecule has 3 fully saturated rings. The summed E-state index contributed by atoms with van der Waals surface area (Å²) < 4.78 is 16.8. The lowest BCUT2D eigenvalue weighted by molar-refractivity contribution is -0.120. The number of aliphatic hydroxyl groups excluding tert-OH is 1. The van der Waals surface area contributed by atoms with E-state index in [1.54, 1.807) is 79.9 Å². The first kappa shape index (κ1) is 93.3. The highest BCUT2D eigenvalue weighted by atomic mass is 79.9. The standard InChI is InChI=1S/C16H17BrN6.C12H17BrN6.C11H15BrN6.2C10H12BrN5O.C9H10BrN5O.C9H11BrN4O/c17-12-8-20-23-14(19)13(10-4-2-1-3-5-10)16(21-15(12)23)22-7-6-11(18)9-22;1-2-8-10(15)19-12(9(13)5-16-19)17-11(8)18-4-3-7(14)6-18;1-6-9(14)18-11(8(12)4-15-18)16-10(6)17-3-2-7(13)5-17;1-5-6(3-8(17)13-2)9(12)16-10(15-5)7(11)4-14-16;1-5-6(2-3-8(12)17)9(13)16-10(15-5)7(11)4-14-16;1-4-5(2-7(11)16)8(12)15-9(14-4)6(10)3-13-15;1-5-6(2-3-15)8(11)14-9(13-5)7(10)4-12-14/h1-5,8,11H,6-7,9,18-19H2;5,7H,2-4,6,14-15H2,1H3;4,7H,2-3,5,13-14H2,1H3;4H,3,12H2,1-2H3,(H,13,17);4H,2-3,13H2,1H3,(H2,12,17);3H,2,12H2,1H3,(H2,11,16);4,15H,2-3,11H2,1H3/t11-;2*7-;;;;/m000..../s1. The number of fused-ring (bicyclic) bond motifs is 7. The first-order valence-electron chi connectivity index (χ1n) is 39.1. The maximum absolute atomic E-state index is 11.4. The molecule has 14 aromatic heterocycles. The van der Waals surface area contributed by atoms with Crippen molar-refractivity contribution < 1.29 is 19.5 Å². The Morgan fingerprint density at radius 2 is 0.720 bits per heavy atom. The molecule has 3 aliphatic rings. The van der Waals surface area contributed by atoms with Gasteiger partial charge in [-0.3, -0.25) is 14.4 Å². The molecule has 26 N–H and O–H groups in total. The largest absolute Gasteiger partial charge is 0.396 e. The molecule has 0 bridgehead atoms. The number of likely N-dealkylation sites (N-methyl/N-ethyl adjacent to an activating group) is 1. The number of carbonyl (C=O) groups excluding carboxylic acids is 3. The van der Waals surface area contributed by atoms with Gasteiger partial charge in [0.15, 0.2) is 39.5 Å². The summed E-state index contributed by atoms with van der Waals surface area (Å²) in [5.74, 6) is 5.58. The quantitative estimate of drug-likeness (QED) is 0.0513. The third kappa shape index (κ3) is 20.2. The molecule has 0 unspecified atom stereocenters. The Morgan fingerprint density at radius 3 is 1.07 bits per heavy atom. The Balaban J connectivity index is 0.000000133. The van der Waals surface area contributed by atoms with Crippen LogP contribution < -0.4 is 88.8 Å². The number of primary amides is 2. The van der Waals surface area contributed by atoms with Crippen molar-refractivity contribution in [3.8, 4) is 11.1 Å². The summed E-state index contributed by atoms with van der Waals surface area (Å²) in [4.78, 5) is 71.4. The summed E-state index contributed by atoms with van der Waals surface area (Å²) in [6.07, 6.45) is 16.9. The van der Waals surface area contributed by atoms with Crippen molar-refractivity contribution in [3.05, 3.63) is 161 Å². The summed E-state index contributed by atoms with van der Waals surface area (Å²) in [6, 6.07) is 10.7. The van der Waals surface area contributed by atoms with E-state index in [0.29, 0.717) is 93.0 Å². The fourth-order valence-electron chi connectivity index (χ4n) is 14.4. The predicted molar refractivity (Wildman–Crippen MR) is 508 cm³/mol. The van der Waals surface area contributed by atoms with E-state index in [2.05, 4.69) is 199 Å². The van der Waals surface area contributed by atoms with E-state index in [-0.39, 0.29) is 55.8 Å². The van der Waals surface area contributed by atoms with Crippen LogP contribution in [0.2, 0.25) is 0 Å². The molecule has 48 heteroatoms. The zero-order valence-electron chi connectivity index (χ0n) is 69.0. The maximum Gasteiger partial charge on any atom is 0.224 e. The van der Waals surface area contributed by atoms with Gasteiger partial charge in [0, 0.05) is 140 Å². The fourth-order valence-corrected chi connectivity index (χ4v) is 16.8. The van der Waals surface area contributed by atoms with Crippen LogP contribution in [0.25, 0.3) is 50.7 Å². The first-order chi connectivity index (χ1) is 59.5. The number of aliphatic hydroxyl groups is 1. The lowest BCUT2D eigenvalue weighted by Crippen LogP contribution is -2.28. The van der Waals surface area contributed by atoms with Crippen LogP contribution in [-0.4, -0.2) is 196 Å². The number of hydrogen-bond acceptors (Lipinski definition) is 31. The molecule has 3 aliphatic heterocycles. The average molecular weight is 2160 g/mol. The normalized spacial score (nSPS) is 14.8. The molecular formula is C77H94Br7N37O4. The van der Waals surface area contributed by atoms with E-state index in [1.165, 1.54) is 9.03 Å². The Labute approximate surface area is 773 Å². The van der Waals surface area contributed by atoms with E-state index >= 15 is 0 Å². The summed E-state index contributed by atoms with van der Waals surface area (Å²) in [5, 5.41) is 40.6. The van der Waals surface area contributed by atoms with Gasteiger partial charge in [0.25, 0.3) is 0 Å². The van der Waals surface area contributed by atoms with E-state index in [9.17, 15) is 14.4 Å². The van der Waals surface area contributed by atoms with E-state index in [4.69, 9.17) is 83.9 Å². The number of amides is 3. The molecule has 15 aromatic rings. The molecule has 18 rings (SSSR count). The van der Waals surface area contributed by atoms with Crippen molar-refractivity contribution in [2.75, 3.05) is 108 Å². The van der Waals surface area contributed by atoms with Gasteiger partial charge in [-0.15, -0.1) is 0 Å². The van der Waals surface area contributed by atoms with Gasteiger partial charge in [-0.25, -0.2) is 34.9 Å². The summed E-state index contributed by atoms with van der Waals surface area (Å²) in [5.41, 5.74) is 85.8. The minimum absolute atomic E-state index is 0.0562. The van der Waals surface area contributed by atoms with Gasteiger partial charge < -0.3 is 93.9 Å². The minimum atomic E-state index is -0.442. The Hall–Kier alpha value is -10.8. The van der Waals surface area contributed by atoms with E-state index < -0.39 is 5.91 Å². The van der Waals surface area contributed by atoms with Crippen molar-refractivity contribution in [1.29, 1.82) is 0 Å². The smallest absolute Gasteiger partial charge is 0.224 e. The highest BCUT2D eigenvalue weighted by Crippen LogP contribution is 2.39. The monoisotopic (exact) mass is 2150 g/mol. The van der Waals surface area contributed by atoms with Crippen molar-refractivity contribution in [3.63, 3.8) is 0 Å². The number of carbonyl (C=O) groups is 3. The predicted octanol–water partition coefficient (Wildman–Crippen LogP) is 7.17. The molecule has 3 atom stereocenters. The number of nitrogens with one attached hydrogen (secondary N) is 1. The van der Waals surface area contributed by atoms with Crippen molar-refractivity contribution in [2.45, 2.75) is 117 Å². The Morgan fingerprint density at radius 1 is 0.408 bits per heavy atom. The van der Waals surface area contributed by atoms with Gasteiger partial charge >= 0.3 is 0 Å². The average Bonchev–Trinajstić information content (AvgIpc) is 1.57. The molecule has 660 valence electrons. The van der Waals surface area contributed by atoms with Crippen LogP contribution in [0.1, 0.15) is 88.8 Å². The van der Waals surface area contributed by atoms with Crippen LogP contribution in [0.3, 0.4) is 0 Å². The van der Waals surface area contributed by atoms with Gasteiger partial charge in [0.1, 0.15) is 58.2 Å². The molecule has 125 heavy (non-hydrogen) atoms. The van der Waals surface area contributed by atoms with Gasteiger partial charge in [0.2, 0.25) is 17.7 Å². The second-order valence-corrected chi connectivity index (χ2v) is 35.4. The Bertz CT molecular complexity index is 6520. The number of benzene rings is 1. The number of nitrogens with zero attached hydrogens (tertiary/aromatic N) is 24. The number of halogens is 7. The van der Waals surface area contributed by atoms with Crippen molar-refractivity contribution in [1.82, 2.24) is 108 Å². The van der Waals surface area contributed by atoms with Crippen LogP contribution >= 0.6 is 112 Å². The topological polar surface area (TPSA) is 617 Å². The molecule has 41 nitrogen and oxygen atoms in total. The second kappa shape index (κ2) is 40.2. The van der Waals surface area contributed by atoms with Crippen LogP contribution in [0, 0.1) is 34.6 Å². The molecule has 3 amide bonds. The number of nitrogen functional groups attached to an aromatic ring is 7. The Kier molecular flexibility index (Phi) is 30.0. The molecule has 0 radical (unpaired) electrons. The number of aryl methyl sites for hydroxylation is 4.